The molecule has 4 rings (SSSR count). The fraction of sp³-hybridized carbons (Fsp3) is 0.294. The van der Waals surface area contributed by atoms with Gasteiger partial charge in [-0.05, 0) is 24.6 Å². The van der Waals surface area contributed by atoms with Gasteiger partial charge < -0.3 is 14.6 Å². The van der Waals surface area contributed by atoms with E-state index in [2.05, 4.69) is 32.7 Å². The second-order valence-corrected chi connectivity index (χ2v) is 5.77. The summed E-state index contributed by atoms with van der Waals surface area (Å²) >= 11 is 0. The number of anilines is 1. The van der Waals surface area contributed by atoms with E-state index in [1.165, 1.54) is 10.9 Å². The molecule has 1 N–H and O–H groups in total. The van der Waals surface area contributed by atoms with Gasteiger partial charge in [-0.2, -0.15) is 0 Å². The van der Waals surface area contributed by atoms with Crippen molar-refractivity contribution in [2.75, 3.05) is 18.0 Å². The smallest absolute Gasteiger partial charge is 0.178 e. The van der Waals surface area contributed by atoms with Crippen molar-refractivity contribution in [2.45, 2.75) is 12.5 Å². The number of aromatic nitrogens is 3. The number of rotatable bonds is 2. The van der Waals surface area contributed by atoms with Gasteiger partial charge in [-0.15, -0.1) is 0 Å². The predicted molar refractivity (Wildman–Crippen MR) is 86.8 cm³/mol. The second-order valence-electron chi connectivity index (χ2n) is 5.77. The van der Waals surface area contributed by atoms with E-state index in [0.29, 0.717) is 6.54 Å². The van der Waals surface area contributed by atoms with Crippen LogP contribution in [0.25, 0.3) is 22.4 Å². The molecule has 112 valence electrons. The Morgan fingerprint density at radius 2 is 2.09 bits per heavy atom. The topological polar surface area (TPSA) is 54.2 Å². The van der Waals surface area contributed by atoms with Crippen molar-refractivity contribution in [1.82, 2.24) is 14.5 Å². The Kier molecular flexibility index (Phi) is 3.08. The predicted octanol–water partition coefficient (Wildman–Crippen LogP) is 2.21. The summed E-state index contributed by atoms with van der Waals surface area (Å²) in [6.45, 7) is 1.48. The molecular formula is C17H18N4O. The molecule has 0 bridgehead atoms. The van der Waals surface area contributed by atoms with E-state index in [4.69, 9.17) is 4.98 Å². The highest BCUT2D eigenvalue weighted by molar-refractivity contribution is 5.85. The number of benzene rings is 1. The number of para-hydroxylation sites is 1. The molecule has 1 saturated heterocycles. The first-order chi connectivity index (χ1) is 10.7. The Morgan fingerprint density at radius 1 is 1.23 bits per heavy atom. The van der Waals surface area contributed by atoms with Gasteiger partial charge in [0.25, 0.3) is 0 Å². The summed E-state index contributed by atoms with van der Waals surface area (Å²) in [7, 11) is 2.04. The van der Waals surface area contributed by atoms with E-state index in [1.54, 1.807) is 6.20 Å². The molecule has 3 aromatic rings. The van der Waals surface area contributed by atoms with Crippen LogP contribution in [0.1, 0.15) is 6.42 Å². The van der Waals surface area contributed by atoms with Gasteiger partial charge in [-0.1, -0.05) is 18.2 Å². The molecule has 1 aliphatic rings. The minimum absolute atomic E-state index is 0.254. The number of β-amino-alcohol motifs (C(OH)–C–C–N with tert-alkyl or cyclic N) is 1. The SMILES string of the molecule is Cn1c(-c2nccc(N3CC[C@@H](O)C3)n2)cc2ccccc21. The molecule has 2 aromatic heterocycles. The van der Waals surface area contributed by atoms with Crippen LogP contribution in [0.15, 0.2) is 42.6 Å². The van der Waals surface area contributed by atoms with E-state index in [-0.39, 0.29) is 6.10 Å². The maximum Gasteiger partial charge on any atom is 0.178 e. The fourth-order valence-electron chi connectivity index (χ4n) is 3.10. The molecule has 1 aromatic carbocycles. The maximum atomic E-state index is 9.70. The lowest BCUT2D eigenvalue weighted by atomic mass is 10.2. The van der Waals surface area contributed by atoms with Crippen LogP contribution in [0.3, 0.4) is 0 Å². The third-order valence-corrected chi connectivity index (χ3v) is 4.31. The minimum atomic E-state index is -0.254. The molecule has 5 heteroatoms. The van der Waals surface area contributed by atoms with Crippen molar-refractivity contribution in [3.63, 3.8) is 0 Å². The van der Waals surface area contributed by atoms with Crippen LogP contribution in [0.2, 0.25) is 0 Å². The summed E-state index contributed by atoms with van der Waals surface area (Å²) in [5, 5.41) is 10.9. The molecule has 0 saturated carbocycles. The standard InChI is InChI=1S/C17H18N4O/c1-20-14-5-3-2-4-12(14)10-15(20)17-18-8-6-16(19-17)21-9-7-13(22)11-21/h2-6,8,10,13,22H,7,9,11H2,1H3/t13-/m1/s1. The Balaban J connectivity index is 1.77. The normalized spacial score (nSPS) is 18.3. The molecule has 0 spiro atoms. The van der Waals surface area contributed by atoms with Crippen molar-refractivity contribution in [2.24, 2.45) is 7.05 Å². The summed E-state index contributed by atoms with van der Waals surface area (Å²) in [4.78, 5) is 11.2. The Hall–Kier alpha value is -2.40. The van der Waals surface area contributed by atoms with Gasteiger partial charge in [-0.3, -0.25) is 0 Å². The van der Waals surface area contributed by atoms with Crippen LogP contribution >= 0.6 is 0 Å². The number of aliphatic hydroxyl groups excluding tert-OH is 1. The van der Waals surface area contributed by atoms with Crippen LogP contribution in [0.4, 0.5) is 5.82 Å². The highest BCUT2D eigenvalue weighted by atomic mass is 16.3. The van der Waals surface area contributed by atoms with Crippen LogP contribution in [0, 0.1) is 0 Å². The van der Waals surface area contributed by atoms with Crippen LogP contribution in [-0.2, 0) is 7.05 Å². The molecule has 0 aliphatic carbocycles. The number of hydrogen-bond donors (Lipinski definition) is 1. The lowest BCUT2D eigenvalue weighted by Gasteiger charge is -2.16. The van der Waals surface area contributed by atoms with Gasteiger partial charge in [-0.25, -0.2) is 9.97 Å². The first kappa shape index (κ1) is 13.3. The van der Waals surface area contributed by atoms with Gasteiger partial charge in [0.15, 0.2) is 5.82 Å². The third kappa shape index (κ3) is 2.14. The monoisotopic (exact) mass is 294 g/mol. The summed E-state index contributed by atoms with van der Waals surface area (Å²) in [5.41, 5.74) is 2.17. The van der Waals surface area contributed by atoms with Gasteiger partial charge in [0, 0.05) is 37.2 Å². The summed E-state index contributed by atoms with van der Waals surface area (Å²) in [6, 6.07) is 12.3. The molecule has 1 atom stereocenters. The van der Waals surface area contributed by atoms with Crippen LogP contribution in [-0.4, -0.2) is 38.8 Å². The zero-order valence-electron chi connectivity index (χ0n) is 12.5. The molecule has 1 aliphatic heterocycles. The van der Waals surface area contributed by atoms with Gasteiger partial charge in [0.1, 0.15) is 5.82 Å². The largest absolute Gasteiger partial charge is 0.391 e. The van der Waals surface area contributed by atoms with Crippen molar-refractivity contribution in [3.05, 3.63) is 42.6 Å². The molecule has 3 heterocycles. The van der Waals surface area contributed by atoms with Crippen molar-refractivity contribution in [1.29, 1.82) is 0 Å². The third-order valence-electron chi connectivity index (χ3n) is 4.31. The molecule has 0 amide bonds. The van der Waals surface area contributed by atoms with Gasteiger partial charge in [0.2, 0.25) is 0 Å². The van der Waals surface area contributed by atoms with Crippen molar-refractivity contribution < 1.29 is 5.11 Å². The number of hydrogen-bond acceptors (Lipinski definition) is 4. The quantitative estimate of drug-likeness (QED) is 0.787. The molecular weight excluding hydrogens is 276 g/mol. The molecule has 0 radical (unpaired) electrons. The van der Waals surface area contributed by atoms with E-state index < -0.39 is 0 Å². The zero-order chi connectivity index (χ0) is 15.1. The van der Waals surface area contributed by atoms with E-state index in [1.807, 2.05) is 25.2 Å². The number of fused-ring (bicyclic) bond motifs is 1. The highest BCUT2D eigenvalue weighted by Crippen LogP contribution is 2.26. The lowest BCUT2D eigenvalue weighted by molar-refractivity contribution is 0.198. The number of aliphatic hydroxyl groups is 1. The average Bonchev–Trinajstić information content (AvgIpc) is 3.12. The highest BCUT2D eigenvalue weighted by Gasteiger charge is 2.22. The summed E-state index contributed by atoms with van der Waals surface area (Å²) in [6.07, 6.45) is 2.34. The Labute approximate surface area is 128 Å². The molecule has 22 heavy (non-hydrogen) atoms. The summed E-state index contributed by atoms with van der Waals surface area (Å²) in [5.74, 6) is 1.60. The number of aryl methyl sites for hydroxylation is 1. The lowest BCUT2D eigenvalue weighted by Crippen LogP contribution is -2.22. The zero-order valence-corrected chi connectivity index (χ0v) is 12.5. The Bertz CT molecular complexity index is 826. The van der Waals surface area contributed by atoms with Gasteiger partial charge >= 0.3 is 0 Å². The van der Waals surface area contributed by atoms with E-state index in [0.717, 1.165) is 30.3 Å². The van der Waals surface area contributed by atoms with Gasteiger partial charge in [0.05, 0.1) is 11.8 Å². The average molecular weight is 294 g/mol. The minimum Gasteiger partial charge on any atom is -0.391 e. The molecule has 5 nitrogen and oxygen atoms in total. The second kappa shape index (κ2) is 5.10. The fourth-order valence-corrected chi connectivity index (χ4v) is 3.10. The van der Waals surface area contributed by atoms with Crippen molar-refractivity contribution in [3.8, 4) is 11.5 Å². The summed E-state index contributed by atoms with van der Waals surface area (Å²) < 4.78 is 2.12. The van der Waals surface area contributed by atoms with E-state index in [9.17, 15) is 5.11 Å². The maximum absolute atomic E-state index is 9.70. The van der Waals surface area contributed by atoms with E-state index >= 15 is 0 Å². The van der Waals surface area contributed by atoms with Crippen LogP contribution in [0.5, 0.6) is 0 Å². The first-order valence-corrected chi connectivity index (χ1v) is 7.53. The molecule has 0 unspecified atom stereocenters. The first-order valence-electron chi connectivity index (χ1n) is 7.53. The Morgan fingerprint density at radius 3 is 2.86 bits per heavy atom. The van der Waals surface area contributed by atoms with Crippen molar-refractivity contribution >= 4 is 16.7 Å². The van der Waals surface area contributed by atoms with Crippen LogP contribution < -0.4 is 4.90 Å². The number of nitrogens with zero attached hydrogens (tertiary/aromatic N) is 4. The molecule has 1 fully saturated rings.